The highest BCUT2D eigenvalue weighted by Crippen LogP contribution is 2.34. The van der Waals surface area contributed by atoms with E-state index in [4.69, 9.17) is 9.47 Å². The number of aliphatic hydroxyl groups is 1. The van der Waals surface area contributed by atoms with Crippen molar-refractivity contribution in [2.45, 2.75) is 16.0 Å². The van der Waals surface area contributed by atoms with Gasteiger partial charge < -0.3 is 14.6 Å². The summed E-state index contributed by atoms with van der Waals surface area (Å²) >= 11 is 1.57. The van der Waals surface area contributed by atoms with Crippen LogP contribution in [0.3, 0.4) is 0 Å². The zero-order valence-electron chi connectivity index (χ0n) is 19.9. The van der Waals surface area contributed by atoms with E-state index in [9.17, 15) is 9.90 Å². The molecule has 0 radical (unpaired) electrons. The standard InChI is InChI=1S/C27H26N4O4S/c1-28-26(32)22-5-3-4-6-25(22)36-20-12-13-21-23(30-31-24(21)17-20)14-9-18-7-10-19(11-8-18)29-27(33)35-16-15-34-2/h3-8,10-13,17,26,28,32H,15-16H2,1-2H3,(H,29,33)(H,30,31). The van der Waals surface area contributed by atoms with E-state index in [1.54, 1.807) is 38.1 Å². The Labute approximate surface area is 213 Å². The van der Waals surface area contributed by atoms with Crippen LogP contribution in [-0.4, -0.2) is 48.8 Å². The molecule has 0 aliphatic carbocycles. The predicted molar refractivity (Wildman–Crippen MR) is 140 cm³/mol. The molecule has 1 amide bonds. The summed E-state index contributed by atoms with van der Waals surface area (Å²) < 4.78 is 9.84. The minimum atomic E-state index is -0.732. The van der Waals surface area contributed by atoms with Crippen LogP contribution in [-0.2, 0) is 9.47 Å². The highest BCUT2D eigenvalue weighted by Gasteiger charge is 2.12. The largest absolute Gasteiger partial charge is 0.447 e. The van der Waals surface area contributed by atoms with Gasteiger partial charge in [0, 0.05) is 39.1 Å². The van der Waals surface area contributed by atoms with E-state index in [1.807, 2.05) is 54.6 Å². The molecule has 1 unspecified atom stereocenters. The van der Waals surface area contributed by atoms with Crippen molar-refractivity contribution in [3.63, 3.8) is 0 Å². The lowest BCUT2D eigenvalue weighted by atomic mass is 10.2. The van der Waals surface area contributed by atoms with Gasteiger partial charge in [-0.25, -0.2) is 4.79 Å². The average molecular weight is 503 g/mol. The second-order valence-corrected chi connectivity index (χ2v) is 8.81. The number of aliphatic hydroxyl groups excluding tert-OH is 1. The van der Waals surface area contributed by atoms with Crippen LogP contribution >= 0.6 is 11.8 Å². The zero-order chi connectivity index (χ0) is 25.3. The lowest BCUT2D eigenvalue weighted by Gasteiger charge is -2.14. The lowest BCUT2D eigenvalue weighted by Crippen LogP contribution is -2.16. The molecule has 0 saturated heterocycles. The van der Waals surface area contributed by atoms with Gasteiger partial charge in [-0.2, -0.15) is 5.10 Å². The number of rotatable bonds is 8. The van der Waals surface area contributed by atoms with Crippen LogP contribution in [0.1, 0.15) is 23.0 Å². The molecule has 184 valence electrons. The minimum absolute atomic E-state index is 0.191. The molecule has 0 spiro atoms. The Kier molecular flexibility index (Phi) is 8.60. The van der Waals surface area contributed by atoms with E-state index < -0.39 is 12.3 Å². The van der Waals surface area contributed by atoms with Crippen LogP contribution < -0.4 is 10.6 Å². The molecular weight excluding hydrogens is 476 g/mol. The van der Waals surface area contributed by atoms with Gasteiger partial charge in [-0.1, -0.05) is 35.9 Å². The molecule has 0 bridgehead atoms. The number of aromatic nitrogens is 2. The fraction of sp³-hybridized carbons (Fsp3) is 0.185. The fourth-order valence-corrected chi connectivity index (χ4v) is 4.38. The minimum Gasteiger partial charge on any atom is -0.447 e. The number of carbonyl (C=O) groups is 1. The molecule has 4 aromatic rings. The van der Waals surface area contributed by atoms with Gasteiger partial charge in [0.1, 0.15) is 18.5 Å². The van der Waals surface area contributed by atoms with Gasteiger partial charge in [0.25, 0.3) is 0 Å². The highest BCUT2D eigenvalue weighted by atomic mass is 32.2. The van der Waals surface area contributed by atoms with Crippen LogP contribution in [0.4, 0.5) is 10.5 Å². The number of H-pyrrole nitrogens is 1. The first-order chi connectivity index (χ1) is 17.6. The summed E-state index contributed by atoms with van der Waals surface area (Å²) in [4.78, 5) is 13.7. The van der Waals surface area contributed by atoms with Crippen molar-refractivity contribution < 1.29 is 19.4 Å². The van der Waals surface area contributed by atoms with Crippen LogP contribution in [0.15, 0.2) is 76.5 Å². The summed E-state index contributed by atoms with van der Waals surface area (Å²) in [5.41, 5.74) is 3.76. The number of amides is 1. The number of benzene rings is 3. The Bertz CT molecular complexity index is 1390. The third kappa shape index (κ3) is 6.44. The molecule has 1 atom stereocenters. The van der Waals surface area contributed by atoms with E-state index in [0.29, 0.717) is 12.3 Å². The van der Waals surface area contributed by atoms with Crippen molar-refractivity contribution in [2.24, 2.45) is 0 Å². The molecule has 0 saturated carbocycles. The van der Waals surface area contributed by atoms with E-state index >= 15 is 0 Å². The molecule has 36 heavy (non-hydrogen) atoms. The first-order valence-electron chi connectivity index (χ1n) is 11.2. The number of fused-ring (bicyclic) bond motifs is 1. The Morgan fingerprint density at radius 1 is 1.11 bits per heavy atom. The number of methoxy groups -OCH3 is 1. The van der Waals surface area contributed by atoms with Gasteiger partial charge in [-0.15, -0.1) is 0 Å². The first kappa shape index (κ1) is 25.3. The van der Waals surface area contributed by atoms with Gasteiger partial charge in [0.15, 0.2) is 0 Å². The molecule has 0 aliphatic heterocycles. The molecular formula is C27H26N4O4S. The monoisotopic (exact) mass is 502 g/mol. The molecule has 1 aromatic heterocycles. The Morgan fingerprint density at radius 2 is 1.92 bits per heavy atom. The summed E-state index contributed by atoms with van der Waals surface area (Å²) in [5.74, 6) is 6.26. The summed E-state index contributed by atoms with van der Waals surface area (Å²) in [6.07, 6.45) is -1.27. The summed E-state index contributed by atoms with van der Waals surface area (Å²) in [6.45, 7) is 0.538. The number of anilines is 1. The lowest BCUT2D eigenvalue weighted by molar-refractivity contribution is 0.107. The van der Waals surface area contributed by atoms with E-state index in [0.717, 1.165) is 37.5 Å². The second kappa shape index (κ2) is 12.2. The average Bonchev–Trinajstić information content (AvgIpc) is 3.30. The normalized spacial score (nSPS) is 11.5. The van der Waals surface area contributed by atoms with Crippen molar-refractivity contribution in [3.8, 4) is 11.8 Å². The van der Waals surface area contributed by atoms with Gasteiger partial charge in [-0.3, -0.25) is 15.7 Å². The van der Waals surface area contributed by atoms with E-state index in [2.05, 4.69) is 32.7 Å². The first-order valence-corrected chi connectivity index (χ1v) is 12.0. The molecule has 9 heteroatoms. The summed E-state index contributed by atoms with van der Waals surface area (Å²) in [5, 5.41) is 24.1. The molecule has 4 N–H and O–H groups in total. The van der Waals surface area contributed by atoms with Gasteiger partial charge in [0.05, 0.1) is 12.1 Å². The second-order valence-electron chi connectivity index (χ2n) is 7.69. The van der Waals surface area contributed by atoms with E-state index in [1.165, 1.54) is 0 Å². The molecule has 4 rings (SSSR count). The zero-order valence-corrected chi connectivity index (χ0v) is 20.7. The van der Waals surface area contributed by atoms with Gasteiger partial charge in [-0.05, 0) is 61.5 Å². The fourth-order valence-electron chi connectivity index (χ4n) is 3.38. The summed E-state index contributed by atoms with van der Waals surface area (Å²) in [7, 11) is 3.26. The smallest absolute Gasteiger partial charge is 0.411 e. The quantitative estimate of drug-likeness (QED) is 0.159. The molecule has 0 aliphatic rings. The highest BCUT2D eigenvalue weighted by molar-refractivity contribution is 7.99. The Morgan fingerprint density at radius 3 is 2.69 bits per heavy atom. The number of nitrogens with zero attached hydrogens (tertiary/aromatic N) is 1. The van der Waals surface area contributed by atoms with Gasteiger partial charge in [0.2, 0.25) is 0 Å². The molecule has 8 nitrogen and oxygen atoms in total. The SMILES string of the molecule is CNC(O)c1ccccc1Sc1ccc2c(C#Cc3ccc(NC(=O)OCCOC)cc3)[nH]nc2c1. The van der Waals surface area contributed by atoms with Crippen molar-refractivity contribution in [2.75, 3.05) is 32.7 Å². The Hall–Kier alpha value is -3.81. The van der Waals surface area contributed by atoms with Gasteiger partial charge >= 0.3 is 6.09 Å². The Balaban J connectivity index is 1.44. The van der Waals surface area contributed by atoms with Crippen molar-refractivity contribution in [1.29, 1.82) is 0 Å². The maximum absolute atomic E-state index is 11.7. The number of ether oxygens (including phenoxy) is 2. The van der Waals surface area contributed by atoms with Crippen LogP contribution in [0.2, 0.25) is 0 Å². The number of hydrogen-bond donors (Lipinski definition) is 4. The number of aromatic amines is 1. The number of hydrogen-bond acceptors (Lipinski definition) is 7. The molecule has 1 heterocycles. The predicted octanol–water partition coefficient (Wildman–Crippen LogP) is 4.52. The molecule has 0 fully saturated rings. The van der Waals surface area contributed by atoms with Crippen LogP contribution in [0.5, 0.6) is 0 Å². The maximum Gasteiger partial charge on any atom is 0.411 e. The third-order valence-corrected chi connectivity index (χ3v) is 6.31. The molecule has 3 aromatic carbocycles. The maximum atomic E-state index is 11.7. The topological polar surface area (TPSA) is 109 Å². The van der Waals surface area contributed by atoms with Crippen molar-refractivity contribution in [3.05, 3.63) is 83.6 Å². The summed E-state index contributed by atoms with van der Waals surface area (Å²) in [6, 6.07) is 20.9. The number of carbonyl (C=O) groups excluding carboxylic acids is 1. The number of nitrogens with one attached hydrogen (secondary N) is 3. The third-order valence-electron chi connectivity index (χ3n) is 5.23. The van der Waals surface area contributed by atoms with Crippen LogP contribution in [0.25, 0.3) is 10.9 Å². The van der Waals surface area contributed by atoms with E-state index in [-0.39, 0.29) is 6.61 Å². The van der Waals surface area contributed by atoms with Crippen molar-refractivity contribution in [1.82, 2.24) is 15.5 Å². The van der Waals surface area contributed by atoms with Crippen molar-refractivity contribution >= 4 is 34.4 Å². The van der Waals surface area contributed by atoms with Crippen LogP contribution in [0, 0.1) is 11.8 Å².